The third-order valence-corrected chi connectivity index (χ3v) is 7.76. The average molecular weight is 470 g/mol. The third kappa shape index (κ3) is 2.98. The molecule has 1 aliphatic rings. The van der Waals surface area contributed by atoms with Crippen molar-refractivity contribution in [2.45, 2.75) is 0 Å². The summed E-state index contributed by atoms with van der Waals surface area (Å²) in [6.07, 6.45) is 0. The van der Waals surface area contributed by atoms with E-state index in [0.717, 1.165) is 5.69 Å². The van der Waals surface area contributed by atoms with E-state index in [2.05, 4.69) is 144 Å². The zero-order valence-electron chi connectivity index (χ0n) is 20.2. The molecule has 0 N–H and O–H groups in total. The van der Waals surface area contributed by atoms with E-state index < -0.39 is 0 Å². The molecule has 1 nitrogen and oxygen atoms in total. The van der Waals surface area contributed by atoms with Gasteiger partial charge in [-0.15, -0.1) is 0 Å². The van der Waals surface area contributed by atoms with Crippen molar-refractivity contribution in [2.24, 2.45) is 0 Å². The van der Waals surface area contributed by atoms with E-state index in [-0.39, 0.29) is 0 Å². The smallest absolute Gasteiger partial charge is 0.0540 e. The largest absolute Gasteiger partial charge is 0.309 e. The summed E-state index contributed by atoms with van der Waals surface area (Å²) in [5.41, 5.74) is 8.82. The van der Waals surface area contributed by atoms with E-state index in [4.69, 9.17) is 0 Å². The van der Waals surface area contributed by atoms with Crippen LogP contribution >= 0.6 is 0 Å². The molecule has 0 spiro atoms. The Morgan fingerprint density at radius 3 is 1.81 bits per heavy atom. The van der Waals surface area contributed by atoms with Gasteiger partial charge < -0.3 is 4.90 Å². The van der Waals surface area contributed by atoms with Crippen molar-refractivity contribution in [2.75, 3.05) is 4.90 Å². The first-order valence-electron chi connectivity index (χ1n) is 12.8. The molecule has 0 amide bonds. The minimum atomic E-state index is 1.16. The summed E-state index contributed by atoms with van der Waals surface area (Å²) < 4.78 is 0. The van der Waals surface area contributed by atoms with Crippen LogP contribution in [0.3, 0.4) is 0 Å². The van der Waals surface area contributed by atoms with Gasteiger partial charge >= 0.3 is 0 Å². The lowest BCUT2D eigenvalue weighted by Crippen LogP contribution is -2.11. The highest BCUT2D eigenvalue weighted by Gasteiger charge is 2.25. The molecular formula is C36H23N. The zero-order chi connectivity index (χ0) is 24.3. The minimum Gasteiger partial charge on any atom is -0.309 e. The molecule has 0 bridgehead atoms. The van der Waals surface area contributed by atoms with Gasteiger partial charge in [0.05, 0.1) is 11.4 Å². The van der Waals surface area contributed by atoms with E-state index in [1.807, 2.05) is 0 Å². The van der Waals surface area contributed by atoms with Crippen LogP contribution in [0.15, 0.2) is 140 Å². The molecule has 0 heterocycles. The Labute approximate surface area is 215 Å². The number of fused-ring (bicyclic) bond motifs is 5. The first kappa shape index (κ1) is 20.3. The topological polar surface area (TPSA) is 3.24 Å². The Bertz CT molecular complexity index is 1960. The highest BCUT2D eigenvalue weighted by atomic mass is 15.1. The van der Waals surface area contributed by atoms with E-state index in [0.29, 0.717) is 0 Å². The van der Waals surface area contributed by atoms with Gasteiger partial charge in [0.2, 0.25) is 0 Å². The van der Waals surface area contributed by atoms with Crippen LogP contribution in [0.25, 0.3) is 54.6 Å². The Kier molecular flexibility index (Phi) is 4.29. The summed E-state index contributed by atoms with van der Waals surface area (Å²) in [5.74, 6) is 0. The fourth-order valence-corrected chi connectivity index (χ4v) is 6.12. The molecule has 7 aromatic carbocycles. The fourth-order valence-electron chi connectivity index (χ4n) is 6.12. The predicted octanol–water partition coefficient (Wildman–Crippen LogP) is 10.3. The van der Waals surface area contributed by atoms with Crippen LogP contribution < -0.4 is 4.90 Å². The van der Waals surface area contributed by atoms with Gasteiger partial charge in [-0.3, -0.25) is 0 Å². The number of anilines is 3. The molecule has 172 valence electrons. The van der Waals surface area contributed by atoms with Gasteiger partial charge in [0.15, 0.2) is 0 Å². The Balaban J connectivity index is 1.46. The number of nitrogens with zero attached hydrogens (tertiary/aromatic N) is 1. The van der Waals surface area contributed by atoms with Crippen molar-refractivity contribution >= 4 is 49.4 Å². The molecule has 7 aromatic rings. The molecule has 0 fully saturated rings. The molecule has 0 saturated heterocycles. The first-order valence-corrected chi connectivity index (χ1v) is 12.8. The quantitative estimate of drug-likeness (QED) is 0.249. The summed E-state index contributed by atoms with van der Waals surface area (Å²) in [7, 11) is 0. The summed E-state index contributed by atoms with van der Waals surface area (Å²) in [4.78, 5) is 2.45. The fraction of sp³-hybridized carbons (Fsp3) is 0. The van der Waals surface area contributed by atoms with E-state index in [9.17, 15) is 0 Å². The molecule has 0 atom stereocenters. The van der Waals surface area contributed by atoms with Crippen molar-refractivity contribution in [1.29, 1.82) is 0 Å². The lowest BCUT2D eigenvalue weighted by Gasteiger charge is -2.28. The molecule has 0 aromatic heterocycles. The standard InChI is InChI=1S/C36H23N/c1-2-11-26-23-27(20-19-24(26)9-1)37(34-18-7-12-25-10-3-4-13-28(25)34)35-22-21-32-30-15-6-5-14-29(30)31-16-8-17-33(35)36(31)32/h1-23H. The second kappa shape index (κ2) is 7.81. The monoisotopic (exact) mass is 469 g/mol. The van der Waals surface area contributed by atoms with E-state index >= 15 is 0 Å². The van der Waals surface area contributed by atoms with Gasteiger partial charge in [-0.05, 0) is 68.1 Å². The summed E-state index contributed by atoms with van der Waals surface area (Å²) in [6.45, 7) is 0. The van der Waals surface area contributed by atoms with E-state index in [1.165, 1.54) is 65.9 Å². The van der Waals surface area contributed by atoms with Gasteiger partial charge in [0.1, 0.15) is 0 Å². The Morgan fingerprint density at radius 1 is 0.351 bits per heavy atom. The number of hydrogen-bond donors (Lipinski definition) is 0. The lowest BCUT2D eigenvalue weighted by molar-refractivity contribution is 1.32. The maximum absolute atomic E-state index is 2.45. The number of benzene rings is 7. The van der Waals surface area contributed by atoms with Gasteiger partial charge in [0.25, 0.3) is 0 Å². The minimum absolute atomic E-state index is 1.16. The van der Waals surface area contributed by atoms with Crippen molar-refractivity contribution in [3.8, 4) is 22.3 Å². The average Bonchev–Trinajstić information content (AvgIpc) is 3.29. The zero-order valence-corrected chi connectivity index (χ0v) is 20.2. The Morgan fingerprint density at radius 2 is 0.946 bits per heavy atom. The molecule has 0 saturated carbocycles. The maximum Gasteiger partial charge on any atom is 0.0540 e. The predicted molar refractivity (Wildman–Crippen MR) is 158 cm³/mol. The van der Waals surface area contributed by atoms with Gasteiger partial charge in [-0.1, -0.05) is 115 Å². The number of rotatable bonds is 3. The van der Waals surface area contributed by atoms with Crippen LogP contribution in [0.4, 0.5) is 17.1 Å². The van der Waals surface area contributed by atoms with Crippen LogP contribution in [0.5, 0.6) is 0 Å². The van der Waals surface area contributed by atoms with Crippen molar-refractivity contribution in [1.82, 2.24) is 0 Å². The second-order valence-corrected chi connectivity index (χ2v) is 9.77. The summed E-state index contributed by atoms with van der Waals surface area (Å²) >= 11 is 0. The van der Waals surface area contributed by atoms with Crippen molar-refractivity contribution < 1.29 is 0 Å². The van der Waals surface area contributed by atoms with Crippen LogP contribution in [0.2, 0.25) is 0 Å². The highest BCUT2D eigenvalue weighted by Crippen LogP contribution is 2.51. The molecular weight excluding hydrogens is 446 g/mol. The van der Waals surface area contributed by atoms with Crippen LogP contribution in [0.1, 0.15) is 0 Å². The molecule has 1 aliphatic carbocycles. The Hall–Kier alpha value is -4.88. The highest BCUT2D eigenvalue weighted by molar-refractivity contribution is 6.19. The molecule has 1 heteroatoms. The molecule has 0 unspecified atom stereocenters. The number of hydrogen-bond acceptors (Lipinski definition) is 1. The molecule has 8 rings (SSSR count). The second-order valence-electron chi connectivity index (χ2n) is 9.77. The lowest BCUT2D eigenvalue weighted by atomic mass is 9.99. The normalized spacial score (nSPS) is 11.8. The molecule has 0 aliphatic heterocycles. The van der Waals surface area contributed by atoms with Gasteiger partial charge in [0, 0.05) is 16.5 Å². The van der Waals surface area contributed by atoms with Crippen molar-refractivity contribution in [3.63, 3.8) is 0 Å². The van der Waals surface area contributed by atoms with Gasteiger partial charge in [-0.2, -0.15) is 0 Å². The van der Waals surface area contributed by atoms with Gasteiger partial charge in [-0.25, -0.2) is 0 Å². The third-order valence-electron chi connectivity index (χ3n) is 7.76. The van der Waals surface area contributed by atoms with E-state index in [1.54, 1.807) is 0 Å². The maximum atomic E-state index is 2.45. The first-order chi connectivity index (χ1) is 18.4. The van der Waals surface area contributed by atoms with Crippen LogP contribution in [-0.2, 0) is 0 Å². The molecule has 0 radical (unpaired) electrons. The van der Waals surface area contributed by atoms with Crippen molar-refractivity contribution in [3.05, 3.63) is 140 Å². The van der Waals surface area contributed by atoms with Crippen LogP contribution in [-0.4, -0.2) is 0 Å². The molecule has 37 heavy (non-hydrogen) atoms. The van der Waals surface area contributed by atoms with Crippen LogP contribution in [0, 0.1) is 0 Å². The SMILES string of the molecule is c1ccc2c(c1)-c1cccc3c(N(c4ccc5ccccc5c4)c4cccc5ccccc45)ccc-2c13. The summed E-state index contributed by atoms with van der Waals surface area (Å²) in [5, 5.41) is 7.58. The summed E-state index contributed by atoms with van der Waals surface area (Å²) in [6, 6.07) is 50.8.